The summed E-state index contributed by atoms with van der Waals surface area (Å²) < 4.78 is 40.1. The first kappa shape index (κ1) is 32.0. The predicted molar refractivity (Wildman–Crippen MR) is 180 cm³/mol. The van der Waals surface area contributed by atoms with Crippen molar-refractivity contribution in [3.8, 4) is 22.6 Å². The molecule has 1 aliphatic rings. The van der Waals surface area contributed by atoms with Crippen molar-refractivity contribution in [1.82, 2.24) is 29.2 Å². The minimum absolute atomic E-state index is 0.0200. The highest BCUT2D eigenvalue weighted by Crippen LogP contribution is 2.45. The van der Waals surface area contributed by atoms with Crippen molar-refractivity contribution in [3.05, 3.63) is 96.0 Å². The molecule has 0 fully saturated rings. The number of fused-ring (bicyclic) bond motifs is 3. The molecule has 1 amide bonds. The molecule has 0 saturated heterocycles. The molecular formula is C35H34F2N6O3S. The number of carbonyl (C=O) groups excluding carboxylic acids is 1. The van der Waals surface area contributed by atoms with Gasteiger partial charge in [-0.3, -0.25) is 9.48 Å². The number of carbonyl (C=O) groups is 1. The quantitative estimate of drug-likeness (QED) is 0.103. The van der Waals surface area contributed by atoms with Gasteiger partial charge in [0.2, 0.25) is 5.91 Å². The molecule has 0 aliphatic carbocycles. The zero-order valence-electron chi connectivity index (χ0n) is 26.4. The minimum atomic E-state index is -0.881. The molecular weight excluding hydrogens is 622 g/mol. The van der Waals surface area contributed by atoms with Crippen LogP contribution in [0, 0.1) is 0 Å². The number of pyridine rings is 1. The maximum atomic E-state index is 16.2. The number of allylic oxidation sites excluding steroid dienone is 4. The maximum Gasteiger partial charge on any atom is 0.246 e. The van der Waals surface area contributed by atoms with Crippen LogP contribution in [0.4, 0.5) is 8.78 Å². The summed E-state index contributed by atoms with van der Waals surface area (Å²) in [6, 6.07) is 9.52. The van der Waals surface area contributed by atoms with Crippen LogP contribution < -0.4 is 0 Å². The zero-order chi connectivity index (χ0) is 33.4. The highest BCUT2D eigenvalue weighted by atomic mass is 32.1. The number of hydrogen-bond acceptors (Lipinski definition) is 7. The van der Waals surface area contributed by atoms with Gasteiger partial charge in [0.1, 0.15) is 29.6 Å². The highest BCUT2D eigenvalue weighted by molar-refractivity contribution is 7.17. The topological polar surface area (TPSA) is 98.3 Å². The van der Waals surface area contributed by atoms with E-state index in [1.807, 2.05) is 58.9 Å². The van der Waals surface area contributed by atoms with Crippen LogP contribution in [-0.2, 0) is 29.7 Å². The van der Waals surface area contributed by atoms with Crippen LogP contribution in [0.1, 0.15) is 32.0 Å². The number of aliphatic hydroxyl groups is 1. The Bertz CT molecular complexity index is 2100. The van der Waals surface area contributed by atoms with Gasteiger partial charge in [0.15, 0.2) is 0 Å². The molecule has 242 valence electrons. The molecule has 0 radical (unpaired) electrons. The van der Waals surface area contributed by atoms with Gasteiger partial charge in [-0.1, -0.05) is 12.6 Å². The van der Waals surface area contributed by atoms with Gasteiger partial charge in [0.05, 0.1) is 59.8 Å². The third kappa shape index (κ3) is 5.90. The Morgan fingerprint density at radius 3 is 2.81 bits per heavy atom. The molecule has 0 saturated carbocycles. The molecule has 0 bridgehead atoms. The number of thiophene rings is 1. The second-order valence-electron chi connectivity index (χ2n) is 11.5. The number of rotatable bonds is 9. The summed E-state index contributed by atoms with van der Waals surface area (Å²) in [5.74, 6) is -0.951. The van der Waals surface area contributed by atoms with Crippen molar-refractivity contribution in [1.29, 1.82) is 0 Å². The van der Waals surface area contributed by atoms with Crippen LogP contribution in [0.2, 0.25) is 0 Å². The lowest BCUT2D eigenvalue weighted by atomic mass is 9.95. The molecule has 47 heavy (non-hydrogen) atoms. The van der Waals surface area contributed by atoms with Gasteiger partial charge < -0.3 is 19.3 Å². The van der Waals surface area contributed by atoms with Crippen LogP contribution in [0.15, 0.2) is 84.8 Å². The van der Waals surface area contributed by atoms with Crippen molar-refractivity contribution in [3.63, 3.8) is 0 Å². The fraction of sp³-hybridized carbons (Fsp3) is 0.257. The van der Waals surface area contributed by atoms with Gasteiger partial charge in [-0.15, -0.1) is 11.3 Å². The van der Waals surface area contributed by atoms with E-state index in [4.69, 9.17) is 14.8 Å². The van der Waals surface area contributed by atoms with E-state index in [0.29, 0.717) is 40.4 Å². The highest BCUT2D eigenvalue weighted by Gasteiger charge is 2.31. The van der Waals surface area contributed by atoms with Crippen LogP contribution in [0.5, 0.6) is 0 Å². The fourth-order valence-electron chi connectivity index (χ4n) is 5.89. The number of amides is 1. The van der Waals surface area contributed by atoms with Crippen molar-refractivity contribution in [2.45, 2.75) is 46.0 Å². The van der Waals surface area contributed by atoms with Crippen molar-refractivity contribution in [2.75, 3.05) is 6.61 Å². The van der Waals surface area contributed by atoms with E-state index in [1.165, 1.54) is 17.4 Å². The Morgan fingerprint density at radius 2 is 2.09 bits per heavy atom. The van der Waals surface area contributed by atoms with Crippen molar-refractivity contribution >= 4 is 43.9 Å². The third-order valence-electron chi connectivity index (χ3n) is 8.16. The van der Waals surface area contributed by atoms with Gasteiger partial charge in [-0.2, -0.15) is 5.10 Å². The normalized spacial score (nSPS) is 16.5. The van der Waals surface area contributed by atoms with Crippen LogP contribution in [0.25, 0.3) is 49.3 Å². The number of ether oxygens (including phenoxy) is 1. The maximum absolute atomic E-state index is 16.2. The lowest BCUT2D eigenvalue weighted by Crippen LogP contribution is -2.44. The van der Waals surface area contributed by atoms with Crippen molar-refractivity contribution < 1.29 is 23.4 Å². The Kier molecular flexibility index (Phi) is 8.89. The summed E-state index contributed by atoms with van der Waals surface area (Å²) in [7, 11) is 1.92. The Balaban J connectivity index is 1.65. The average molecular weight is 657 g/mol. The molecule has 1 aromatic carbocycles. The van der Waals surface area contributed by atoms with E-state index < -0.39 is 11.9 Å². The predicted octanol–water partition coefficient (Wildman–Crippen LogP) is 7.10. The Hall–Kier alpha value is -4.94. The molecule has 12 heteroatoms. The molecule has 1 N–H and O–H groups in total. The first-order valence-electron chi connectivity index (χ1n) is 15.1. The van der Waals surface area contributed by atoms with E-state index in [-0.39, 0.29) is 36.2 Å². The van der Waals surface area contributed by atoms with Gasteiger partial charge in [0.25, 0.3) is 0 Å². The summed E-state index contributed by atoms with van der Waals surface area (Å²) >= 11 is 1.39. The first-order valence-corrected chi connectivity index (χ1v) is 16.0. The summed E-state index contributed by atoms with van der Waals surface area (Å²) in [4.78, 5) is 24.0. The summed E-state index contributed by atoms with van der Waals surface area (Å²) in [6.45, 7) is 9.46. The Morgan fingerprint density at radius 1 is 1.28 bits per heavy atom. The monoisotopic (exact) mass is 656 g/mol. The smallest absolute Gasteiger partial charge is 0.246 e. The van der Waals surface area contributed by atoms with Gasteiger partial charge in [-0.25, -0.2) is 18.7 Å². The number of imidazole rings is 1. The third-order valence-corrected chi connectivity index (χ3v) is 9.09. The van der Waals surface area contributed by atoms with Gasteiger partial charge >= 0.3 is 0 Å². The number of benzene rings is 1. The van der Waals surface area contributed by atoms with Crippen LogP contribution in [0.3, 0.4) is 0 Å². The largest absolute Gasteiger partial charge is 0.490 e. The molecule has 0 spiro atoms. The molecule has 5 heterocycles. The number of aryl methyl sites for hydroxylation is 1. The standard InChI is InChI=1S/C35H34F2N6O3S/c1-6-29(46-18-21(4)44)31(25(37)10-12-36)32-34(27-15-23-17-42(30(45)7-2)20(3)16-43(23)40-27)39-33(24-11-13-47-35(24)32)22-8-9-26-28(14-22)41(5)19-38-26/h6-15,19-21,44H,2,16-18H2,1,3-5H3/b12-10+,29-6+,31-25-/t20-,21-/m1/s1. The Labute approximate surface area is 274 Å². The van der Waals surface area contributed by atoms with Gasteiger partial charge in [-0.05, 0) is 62.6 Å². The second kappa shape index (κ2) is 13.0. The molecule has 6 rings (SSSR count). The van der Waals surface area contributed by atoms with Crippen LogP contribution >= 0.6 is 11.3 Å². The summed E-state index contributed by atoms with van der Waals surface area (Å²) in [6.07, 6.45) is 4.65. The second-order valence-corrected chi connectivity index (χ2v) is 12.4. The molecule has 5 aromatic rings. The molecule has 0 unspecified atom stereocenters. The number of aromatic nitrogens is 5. The number of hydrogen-bond donors (Lipinski definition) is 1. The molecule has 2 atom stereocenters. The van der Waals surface area contributed by atoms with E-state index in [2.05, 4.69) is 11.6 Å². The van der Waals surface area contributed by atoms with Crippen LogP contribution in [-0.4, -0.2) is 59.0 Å². The van der Waals surface area contributed by atoms with Crippen molar-refractivity contribution in [2.24, 2.45) is 7.05 Å². The molecule has 1 aliphatic heterocycles. The lowest BCUT2D eigenvalue weighted by Gasteiger charge is -2.33. The molecule has 9 nitrogen and oxygen atoms in total. The van der Waals surface area contributed by atoms with E-state index in [0.717, 1.165) is 33.8 Å². The van der Waals surface area contributed by atoms with E-state index >= 15 is 4.39 Å². The number of halogens is 2. The summed E-state index contributed by atoms with van der Waals surface area (Å²) in [5, 5.41) is 17.6. The number of nitrogens with zero attached hydrogens (tertiary/aromatic N) is 6. The molecule has 4 aromatic heterocycles. The zero-order valence-corrected chi connectivity index (χ0v) is 27.3. The SMILES string of the molecule is C=CC(=O)N1Cc2cc(-c3nc(-c4ccc5ncn(C)c5c4)c4ccsc4c3C(/C(=C\C)OC[C@@H](C)O)=C(F)/C=C/F)nn2C[C@H]1C. The number of aliphatic hydroxyl groups excluding tert-OH is 1. The first-order chi connectivity index (χ1) is 22.6. The van der Waals surface area contributed by atoms with E-state index in [1.54, 1.807) is 31.2 Å². The lowest BCUT2D eigenvalue weighted by molar-refractivity contribution is -0.129. The fourth-order valence-corrected chi connectivity index (χ4v) is 6.84. The summed E-state index contributed by atoms with van der Waals surface area (Å²) in [5.41, 5.74) is 5.16. The average Bonchev–Trinajstić information content (AvgIpc) is 3.80. The van der Waals surface area contributed by atoms with E-state index in [9.17, 15) is 14.3 Å². The van der Waals surface area contributed by atoms with Gasteiger partial charge in [0, 0.05) is 40.4 Å². The minimum Gasteiger partial charge on any atom is -0.490 e.